The summed E-state index contributed by atoms with van der Waals surface area (Å²) in [6, 6.07) is 11.8. The summed E-state index contributed by atoms with van der Waals surface area (Å²) in [4.78, 5) is 0. The van der Waals surface area contributed by atoms with Gasteiger partial charge in [-0.25, -0.2) is 0 Å². The summed E-state index contributed by atoms with van der Waals surface area (Å²) in [5.74, 6) is 1.05. The van der Waals surface area contributed by atoms with E-state index in [4.69, 9.17) is 5.26 Å². The van der Waals surface area contributed by atoms with Gasteiger partial charge in [0.2, 0.25) is 0 Å². The average molecular weight is 235 g/mol. The fourth-order valence-corrected chi connectivity index (χ4v) is 3.17. The maximum Gasteiger partial charge on any atom is 0.0726 e. The average Bonchev–Trinajstić information content (AvgIpc) is 2.26. The summed E-state index contributed by atoms with van der Waals surface area (Å²) in [7, 11) is -0.961. The van der Waals surface area contributed by atoms with Gasteiger partial charge in [0, 0.05) is 16.6 Å². The number of benzene rings is 1. The molecule has 1 aromatic rings. The van der Waals surface area contributed by atoms with Gasteiger partial charge in [0.05, 0.1) is 17.7 Å². The van der Waals surface area contributed by atoms with Gasteiger partial charge >= 0.3 is 0 Å². The minimum atomic E-state index is -0.961. The zero-order valence-electron chi connectivity index (χ0n) is 9.72. The van der Waals surface area contributed by atoms with Crippen LogP contribution in [-0.4, -0.2) is 9.96 Å². The Labute approximate surface area is 99.8 Å². The van der Waals surface area contributed by atoms with Crippen molar-refractivity contribution in [3.05, 3.63) is 35.9 Å². The highest BCUT2D eigenvalue weighted by atomic mass is 32.2. The van der Waals surface area contributed by atoms with Crippen molar-refractivity contribution in [3.8, 4) is 6.07 Å². The van der Waals surface area contributed by atoms with Gasteiger partial charge in [0.1, 0.15) is 0 Å². The smallest absolute Gasteiger partial charge is 0.0726 e. The molecule has 0 spiro atoms. The Bertz CT molecular complexity index is 381. The fourth-order valence-electron chi connectivity index (χ4n) is 1.56. The van der Waals surface area contributed by atoms with Crippen molar-refractivity contribution in [2.75, 3.05) is 5.75 Å². The van der Waals surface area contributed by atoms with Crippen LogP contribution in [0.2, 0.25) is 0 Å². The lowest BCUT2D eigenvalue weighted by Gasteiger charge is -2.15. The van der Waals surface area contributed by atoms with Gasteiger partial charge in [-0.1, -0.05) is 44.2 Å². The second-order valence-corrected chi connectivity index (χ2v) is 5.87. The molecule has 0 amide bonds. The van der Waals surface area contributed by atoms with Gasteiger partial charge in [0.15, 0.2) is 0 Å². The van der Waals surface area contributed by atoms with Crippen molar-refractivity contribution in [1.82, 2.24) is 0 Å². The molecule has 0 saturated heterocycles. The number of hydrogen-bond donors (Lipinski definition) is 0. The predicted octanol–water partition coefficient (Wildman–Crippen LogP) is 3.05. The van der Waals surface area contributed by atoms with E-state index in [0.29, 0.717) is 18.1 Å². The molecule has 0 heterocycles. The topological polar surface area (TPSA) is 40.9 Å². The first kappa shape index (κ1) is 12.9. The first-order valence-electron chi connectivity index (χ1n) is 5.44. The molecule has 0 aromatic heterocycles. The van der Waals surface area contributed by atoms with Crippen molar-refractivity contribution in [2.45, 2.75) is 25.5 Å². The minimum absolute atomic E-state index is 0.145. The van der Waals surface area contributed by atoms with E-state index in [9.17, 15) is 4.21 Å². The van der Waals surface area contributed by atoms with Crippen LogP contribution in [-0.2, 0) is 10.8 Å². The van der Waals surface area contributed by atoms with Crippen molar-refractivity contribution in [1.29, 1.82) is 5.26 Å². The van der Waals surface area contributed by atoms with Crippen molar-refractivity contribution < 1.29 is 4.21 Å². The van der Waals surface area contributed by atoms with E-state index in [2.05, 4.69) is 6.07 Å². The molecule has 0 aliphatic rings. The van der Waals surface area contributed by atoms with E-state index in [-0.39, 0.29) is 5.25 Å². The number of nitriles is 1. The number of rotatable bonds is 5. The molecule has 0 bridgehead atoms. The molecular formula is C13H17NOS. The Morgan fingerprint density at radius 3 is 2.44 bits per heavy atom. The highest BCUT2D eigenvalue weighted by Crippen LogP contribution is 2.24. The van der Waals surface area contributed by atoms with Crippen LogP contribution in [0, 0.1) is 17.2 Å². The zero-order chi connectivity index (χ0) is 12.0. The van der Waals surface area contributed by atoms with Crippen LogP contribution in [0.3, 0.4) is 0 Å². The van der Waals surface area contributed by atoms with E-state index in [0.717, 1.165) is 5.56 Å². The fraction of sp³-hybridized carbons (Fsp3) is 0.462. The minimum Gasteiger partial charge on any atom is -0.259 e. The Kier molecular flexibility index (Phi) is 5.21. The van der Waals surface area contributed by atoms with Gasteiger partial charge in [-0.2, -0.15) is 5.26 Å². The van der Waals surface area contributed by atoms with Gasteiger partial charge < -0.3 is 0 Å². The monoisotopic (exact) mass is 235 g/mol. The lowest BCUT2D eigenvalue weighted by Crippen LogP contribution is -2.13. The SMILES string of the molecule is CC(C)CS(=O)C(CC#N)c1ccccc1. The molecule has 16 heavy (non-hydrogen) atoms. The van der Waals surface area contributed by atoms with Gasteiger partial charge in [-0.15, -0.1) is 0 Å². The quantitative estimate of drug-likeness (QED) is 0.787. The first-order valence-corrected chi connectivity index (χ1v) is 6.82. The van der Waals surface area contributed by atoms with Crippen LogP contribution in [0.25, 0.3) is 0 Å². The molecule has 0 saturated carbocycles. The largest absolute Gasteiger partial charge is 0.259 e. The zero-order valence-corrected chi connectivity index (χ0v) is 10.5. The number of hydrogen-bond acceptors (Lipinski definition) is 2. The lowest BCUT2D eigenvalue weighted by atomic mass is 10.1. The summed E-state index contributed by atoms with van der Waals surface area (Å²) >= 11 is 0. The second kappa shape index (κ2) is 6.44. The first-order chi connectivity index (χ1) is 7.65. The van der Waals surface area contributed by atoms with Crippen molar-refractivity contribution >= 4 is 10.8 Å². The number of nitrogens with zero attached hydrogens (tertiary/aromatic N) is 1. The summed E-state index contributed by atoms with van der Waals surface area (Å²) < 4.78 is 12.1. The highest BCUT2D eigenvalue weighted by molar-refractivity contribution is 7.85. The van der Waals surface area contributed by atoms with E-state index in [1.807, 2.05) is 44.2 Å². The van der Waals surface area contributed by atoms with E-state index in [1.54, 1.807) is 0 Å². The third kappa shape index (κ3) is 3.79. The van der Waals surface area contributed by atoms with Crippen molar-refractivity contribution in [3.63, 3.8) is 0 Å². The lowest BCUT2D eigenvalue weighted by molar-refractivity contribution is 0.654. The summed E-state index contributed by atoms with van der Waals surface area (Å²) in [6.45, 7) is 4.10. The molecule has 0 aliphatic heterocycles. The third-order valence-electron chi connectivity index (χ3n) is 2.26. The molecule has 0 radical (unpaired) electrons. The Morgan fingerprint density at radius 2 is 1.94 bits per heavy atom. The molecule has 86 valence electrons. The van der Waals surface area contributed by atoms with Crippen molar-refractivity contribution in [2.24, 2.45) is 5.92 Å². The maximum absolute atomic E-state index is 12.1. The standard InChI is InChI=1S/C13H17NOS/c1-11(2)10-16(15)13(8-9-14)12-6-4-3-5-7-12/h3-7,11,13H,8,10H2,1-2H3. The Balaban J connectivity index is 2.84. The van der Waals surface area contributed by atoms with Crippen LogP contribution in [0.5, 0.6) is 0 Å². The molecule has 3 heteroatoms. The third-order valence-corrected chi connectivity index (χ3v) is 4.33. The molecule has 2 unspecified atom stereocenters. The summed E-state index contributed by atoms with van der Waals surface area (Å²) in [5, 5.41) is 8.65. The van der Waals surface area contributed by atoms with E-state index >= 15 is 0 Å². The van der Waals surface area contributed by atoms with E-state index in [1.165, 1.54) is 0 Å². The maximum atomic E-state index is 12.1. The molecule has 1 aromatic carbocycles. The second-order valence-electron chi connectivity index (χ2n) is 4.20. The Morgan fingerprint density at radius 1 is 1.31 bits per heavy atom. The molecule has 0 N–H and O–H groups in total. The van der Waals surface area contributed by atoms with Gasteiger partial charge in [0.25, 0.3) is 0 Å². The summed E-state index contributed by atoms with van der Waals surface area (Å²) in [5.41, 5.74) is 1.00. The van der Waals surface area contributed by atoms with Crippen LogP contribution in [0.4, 0.5) is 0 Å². The Hall–Kier alpha value is -1.14. The normalized spacial score (nSPS) is 14.4. The van der Waals surface area contributed by atoms with Crippen LogP contribution in [0.1, 0.15) is 31.1 Å². The van der Waals surface area contributed by atoms with Gasteiger partial charge in [-0.3, -0.25) is 4.21 Å². The predicted molar refractivity (Wildman–Crippen MR) is 67.3 cm³/mol. The van der Waals surface area contributed by atoms with Crippen LogP contribution < -0.4 is 0 Å². The molecule has 0 aliphatic carbocycles. The van der Waals surface area contributed by atoms with E-state index < -0.39 is 10.8 Å². The molecule has 2 nitrogen and oxygen atoms in total. The molecule has 0 fully saturated rings. The van der Waals surface area contributed by atoms with Crippen LogP contribution in [0.15, 0.2) is 30.3 Å². The highest BCUT2D eigenvalue weighted by Gasteiger charge is 2.19. The molecule has 1 rings (SSSR count). The molecule has 2 atom stereocenters. The van der Waals surface area contributed by atoms with Gasteiger partial charge in [-0.05, 0) is 11.5 Å². The van der Waals surface area contributed by atoms with Crippen LogP contribution >= 0.6 is 0 Å². The molecular weight excluding hydrogens is 218 g/mol. The summed E-state index contributed by atoms with van der Waals surface area (Å²) in [6.07, 6.45) is 0.323.